The van der Waals surface area contributed by atoms with Crippen molar-refractivity contribution in [3.8, 4) is 0 Å². The second kappa shape index (κ2) is 7.02. The number of benzene rings is 1. The van der Waals surface area contributed by atoms with Gasteiger partial charge >= 0.3 is 6.03 Å². The van der Waals surface area contributed by atoms with Gasteiger partial charge in [-0.05, 0) is 37.8 Å². The summed E-state index contributed by atoms with van der Waals surface area (Å²) in [5.74, 6) is 0. The normalized spacial score (nSPS) is 15.1. The number of para-hydroxylation sites is 2. The maximum atomic E-state index is 11.8. The number of anilines is 2. The molecule has 4 heteroatoms. The molecule has 1 saturated heterocycles. The highest BCUT2D eigenvalue weighted by atomic mass is 16.2. The molecule has 0 bridgehead atoms. The van der Waals surface area contributed by atoms with Gasteiger partial charge in [-0.25, -0.2) is 4.79 Å². The number of urea groups is 1. The van der Waals surface area contributed by atoms with E-state index in [4.69, 9.17) is 0 Å². The van der Waals surface area contributed by atoms with Crippen molar-refractivity contribution >= 4 is 17.4 Å². The van der Waals surface area contributed by atoms with Gasteiger partial charge in [0.15, 0.2) is 0 Å². The topological polar surface area (TPSA) is 44.4 Å². The molecule has 1 aromatic carbocycles. The monoisotopic (exact) mass is 261 g/mol. The first-order valence-electron chi connectivity index (χ1n) is 7.20. The summed E-state index contributed by atoms with van der Waals surface area (Å²) < 4.78 is 0. The van der Waals surface area contributed by atoms with Gasteiger partial charge in [-0.15, -0.1) is 0 Å². The zero-order valence-corrected chi connectivity index (χ0v) is 11.6. The second-order valence-electron chi connectivity index (χ2n) is 4.95. The summed E-state index contributed by atoms with van der Waals surface area (Å²) in [5, 5.41) is 5.79. The molecule has 0 unspecified atom stereocenters. The first-order valence-corrected chi connectivity index (χ1v) is 7.20. The van der Waals surface area contributed by atoms with Crippen molar-refractivity contribution in [1.29, 1.82) is 0 Å². The van der Waals surface area contributed by atoms with Crippen LogP contribution in [0.1, 0.15) is 32.6 Å². The molecule has 2 amide bonds. The highest BCUT2D eigenvalue weighted by Crippen LogP contribution is 2.28. The lowest BCUT2D eigenvalue weighted by Gasteiger charge is -2.30. The largest absolute Gasteiger partial charge is 0.370 e. The van der Waals surface area contributed by atoms with Crippen molar-refractivity contribution in [1.82, 2.24) is 5.32 Å². The van der Waals surface area contributed by atoms with E-state index in [-0.39, 0.29) is 6.03 Å². The zero-order chi connectivity index (χ0) is 13.5. The third kappa shape index (κ3) is 3.88. The fourth-order valence-corrected chi connectivity index (χ4v) is 2.39. The molecule has 1 aromatic rings. The standard InChI is InChI=1S/C15H23N3O/c1-2-10-16-15(19)17-13-8-4-5-9-14(13)18-11-6-3-7-12-18/h4-5,8-9H,2-3,6-7,10-12H2,1H3,(H2,16,17,19). The summed E-state index contributed by atoms with van der Waals surface area (Å²) in [5.41, 5.74) is 2.03. The Bertz CT molecular complexity index is 414. The van der Waals surface area contributed by atoms with Crippen LogP contribution in [-0.2, 0) is 0 Å². The summed E-state index contributed by atoms with van der Waals surface area (Å²) in [6, 6.07) is 7.92. The van der Waals surface area contributed by atoms with Crippen molar-refractivity contribution < 1.29 is 4.79 Å². The van der Waals surface area contributed by atoms with Crippen LogP contribution in [-0.4, -0.2) is 25.7 Å². The van der Waals surface area contributed by atoms with Gasteiger partial charge in [-0.3, -0.25) is 0 Å². The van der Waals surface area contributed by atoms with Gasteiger partial charge in [0.2, 0.25) is 0 Å². The molecule has 1 aliphatic rings. The minimum absolute atomic E-state index is 0.119. The van der Waals surface area contributed by atoms with Crippen LogP contribution in [0.3, 0.4) is 0 Å². The highest BCUT2D eigenvalue weighted by molar-refractivity contribution is 5.93. The summed E-state index contributed by atoms with van der Waals surface area (Å²) >= 11 is 0. The molecule has 0 spiro atoms. The maximum absolute atomic E-state index is 11.8. The molecule has 2 N–H and O–H groups in total. The Hall–Kier alpha value is -1.71. The van der Waals surface area contributed by atoms with Crippen molar-refractivity contribution in [2.24, 2.45) is 0 Å². The van der Waals surface area contributed by atoms with E-state index < -0.39 is 0 Å². The quantitative estimate of drug-likeness (QED) is 0.874. The van der Waals surface area contributed by atoms with E-state index in [0.717, 1.165) is 30.9 Å². The summed E-state index contributed by atoms with van der Waals surface area (Å²) in [7, 11) is 0. The van der Waals surface area contributed by atoms with E-state index in [1.54, 1.807) is 0 Å². The molecular weight excluding hydrogens is 238 g/mol. The van der Waals surface area contributed by atoms with Crippen LogP contribution in [0.15, 0.2) is 24.3 Å². The number of carbonyl (C=O) groups is 1. The lowest BCUT2D eigenvalue weighted by Crippen LogP contribution is -2.32. The number of nitrogens with zero attached hydrogens (tertiary/aromatic N) is 1. The van der Waals surface area contributed by atoms with Crippen molar-refractivity contribution in [2.75, 3.05) is 29.9 Å². The molecule has 0 aliphatic carbocycles. The van der Waals surface area contributed by atoms with E-state index in [2.05, 4.69) is 21.6 Å². The molecule has 19 heavy (non-hydrogen) atoms. The van der Waals surface area contributed by atoms with E-state index in [9.17, 15) is 4.79 Å². The summed E-state index contributed by atoms with van der Waals surface area (Å²) in [6.07, 6.45) is 4.72. The van der Waals surface area contributed by atoms with E-state index >= 15 is 0 Å². The fraction of sp³-hybridized carbons (Fsp3) is 0.533. The second-order valence-corrected chi connectivity index (χ2v) is 4.95. The molecule has 4 nitrogen and oxygen atoms in total. The van der Waals surface area contributed by atoms with Gasteiger partial charge in [0, 0.05) is 19.6 Å². The van der Waals surface area contributed by atoms with Crippen LogP contribution in [0.2, 0.25) is 0 Å². The SMILES string of the molecule is CCCNC(=O)Nc1ccccc1N1CCCCC1. The van der Waals surface area contributed by atoms with Crippen LogP contribution in [0.5, 0.6) is 0 Å². The lowest BCUT2D eigenvalue weighted by atomic mass is 10.1. The Labute approximate surface area is 115 Å². The van der Waals surface area contributed by atoms with Crippen LogP contribution in [0.4, 0.5) is 16.2 Å². The van der Waals surface area contributed by atoms with Crippen molar-refractivity contribution in [3.05, 3.63) is 24.3 Å². The summed E-state index contributed by atoms with van der Waals surface area (Å²) in [6.45, 7) is 4.91. The molecule has 0 atom stereocenters. The molecule has 0 saturated carbocycles. The Morgan fingerprint density at radius 1 is 1.21 bits per heavy atom. The number of piperidine rings is 1. The van der Waals surface area contributed by atoms with Gasteiger partial charge in [-0.1, -0.05) is 19.1 Å². The number of amides is 2. The van der Waals surface area contributed by atoms with Crippen LogP contribution < -0.4 is 15.5 Å². The molecule has 2 rings (SSSR count). The fourth-order valence-electron chi connectivity index (χ4n) is 2.39. The third-order valence-corrected chi connectivity index (χ3v) is 3.38. The predicted molar refractivity (Wildman–Crippen MR) is 79.8 cm³/mol. The molecule has 0 radical (unpaired) electrons. The van der Waals surface area contributed by atoms with Crippen molar-refractivity contribution in [2.45, 2.75) is 32.6 Å². The van der Waals surface area contributed by atoms with Gasteiger partial charge in [0.1, 0.15) is 0 Å². The average Bonchev–Trinajstić information content (AvgIpc) is 2.46. The van der Waals surface area contributed by atoms with Gasteiger partial charge in [0.05, 0.1) is 11.4 Å². The smallest absolute Gasteiger partial charge is 0.319 e. The highest BCUT2D eigenvalue weighted by Gasteiger charge is 2.14. The minimum atomic E-state index is -0.119. The maximum Gasteiger partial charge on any atom is 0.319 e. The number of carbonyl (C=O) groups excluding carboxylic acids is 1. The van der Waals surface area contributed by atoms with Crippen LogP contribution in [0, 0.1) is 0 Å². The number of hydrogen-bond acceptors (Lipinski definition) is 2. The number of rotatable bonds is 4. The summed E-state index contributed by atoms with van der Waals surface area (Å²) in [4.78, 5) is 14.1. The molecule has 0 aromatic heterocycles. The van der Waals surface area contributed by atoms with Crippen molar-refractivity contribution in [3.63, 3.8) is 0 Å². The van der Waals surface area contributed by atoms with Gasteiger partial charge < -0.3 is 15.5 Å². The van der Waals surface area contributed by atoms with E-state index in [1.807, 2.05) is 25.1 Å². The first kappa shape index (κ1) is 13.7. The molecule has 104 valence electrons. The number of nitrogens with one attached hydrogen (secondary N) is 2. The Balaban J connectivity index is 2.05. The van der Waals surface area contributed by atoms with E-state index in [0.29, 0.717) is 6.54 Å². The van der Waals surface area contributed by atoms with Crippen LogP contribution in [0.25, 0.3) is 0 Å². The number of hydrogen-bond donors (Lipinski definition) is 2. The molecule has 1 fully saturated rings. The lowest BCUT2D eigenvalue weighted by molar-refractivity contribution is 0.252. The third-order valence-electron chi connectivity index (χ3n) is 3.38. The Morgan fingerprint density at radius 3 is 2.68 bits per heavy atom. The molecular formula is C15H23N3O. The molecule has 1 aliphatic heterocycles. The predicted octanol–water partition coefficient (Wildman–Crippen LogP) is 3.21. The average molecular weight is 261 g/mol. The first-order chi connectivity index (χ1) is 9.31. The van der Waals surface area contributed by atoms with Gasteiger partial charge in [-0.2, -0.15) is 0 Å². The zero-order valence-electron chi connectivity index (χ0n) is 11.6. The van der Waals surface area contributed by atoms with Gasteiger partial charge in [0.25, 0.3) is 0 Å². The minimum Gasteiger partial charge on any atom is -0.370 e. The Kier molecular flexibility index (Phi) is 5.07. The molecule has 1 heterocycles. The Morgan fingerprint density at radius 2 is 1.95 bits per heavy atom. The van der Waals surface area contributed by atoms with Crippen LogP contribution >= 0.6 is 0 Å². The van der Waals surface area contributed by atoms with E-state index in [1.165, 1.54) is 19.3 Å².